The van der Waals surface area contributed by atoms with E-state index in [0.717, 1.165) is 21.9 Å². The Labute approximate surface area is 183 Å². The van der Waals surface area contributed by atoms with Crippen LogP contribution in [0.1, 0.15) is 21.5 Å². The van der Waals surface area contributed by atoms with Gasteiger partial charge in [-0.15, -0.1) is 0 Å². The molecule has 0 saturated carbocycles. The molecule has 156 valence electrons. The molecule has 0 aromatic heterocycles. The van der Waals surface area contributed by atoms with Crippen LogP contribution in [0.5, 0.6) is 0 Å². The van der Waals surface area contributed by atoms with Crippen LogP contribution in [-0.2, 0) is 24.1 Å². The number of aromatic carboxylic acids is 1. The van der Waals surface area contributed by atoms with Crippen molar-refractivity contribution < 1.29 is 18.7 Å². The lowest BCUT2D eigenvalue weighted by molar-refractivity contribution is 0.0697. The van der Waals surface area contributed by atoms with Crippen molar-refractivity contribution in [3.63, 3.8) is 0 Å². The molecule has 1 atom stereocenters. The first kappa shape index (κ1) is 20.8. The minimum Gasteiger partial charge on any atom is -0.478 e. The number of para-hydroxylation sites is 1. The summed E-state index contributed by atoms with van der Waals surface area (Å²) in [5, 5.41) is 10.9. The monoisotopic (exact) mass is 431 g/mol. The lowest BCUT2D eigenvalue weighted by atomic mass is 10.0. The summed E-state index contributed by atoms with van der Waals surface area (Å²) < 4.78 is 24.1. The van der Waals surface area contributed by atoms with Gasteiger partial charge >= 0.3 is 5.97 Å². The molecule has 0 radical (unpaired) electrons. The first-order chi connectivity index (χ1) is 15.0. The highest BCUT2D eigenvalue weighted by Gasteiger charge is 2.20. The number of aryl methyl sites for hydroxylation is 2. The maximum Gasteiger partial charge on any atom is 0.335 e. The molecular formula is C25H21NO4S. The topological polar surface area (TPSA) is 77.8 Å². The van der Waals surface area contributed by atoms with E-state index in [1.54, 1.807) is 24.3 Å². The van der Waals surface area contributed by atoms with Crippen molar-refractivity contribution in [1.29, 1.82) is 0 Å². The number of hydrogen-bond acceptors (Lipinski definition) is 2. The molecule has 0 aliphatic rings. The number of nitrogens with zero attached hydrogens (tertiary/aromatic N) is 1. The minimum atomic E-state index is -2.26. The van der Waals surface area contributed by atoms with Crippen molar-refractivity contribution in [2.75, 3.05) is 4.31 Å². The van der Waals surface area contributed by atoms with E-state index in [-0.39, 0.29) is 5.56 Å². The molecule has 1 unspecified atom stereocenters. The summed E-state index contributed by atoms with van der Waals surface area (Å²) in [5.41, 5.74) is 3.52. The molecule has 0 fully saturated rings. The van der Waals surface area contributed by atoms with E-state index in [2.05, 4.69) is 0 Å². The van der Waals surface area contributed by atoms with Gasteiger partial charge in [0.2, 0.25) is 0 Å². The molecule has 2 N–H and O–H groups in total. The van der Waals surface area contributed by atoms with Crippen LogP contribution < -0.4 is 4.31 Å². The highest BCUT2D eigenvalue weighted by atomic mass is 32.2. The van der Waals surface area contributed by atoms with Gasteiger partial charge in [0.05, 0.1) is 16.9 Å². The Kier molecular flexibility index (Phi) is 6.11. The van der Waals surface area contributed by atoms with E-state index >= 15 is 0 Å². The fraction of sp³-hybridized carbons (Fsp3) is 0.0800. The molecule has 5 nitrogen and oxygen atoms in total. The van der Waals surface area contributed by atoms with E-state index in [1.165, 1.54) is 4.31 Å². The number of fused-ring (bicyclic) bond motifs is 1. The normalized spacial score (nSPS) is 11.9. The first-order valence-electron chi connectivity index (χ1n) is 9.83. The fourth-order valence-electron chi connectivity index (χ4n) is 3.70. The largest absolute Gasteiger partial charge is 0.478 e. The van der Waals surface area contributed by atoms with E-state index in [4.69, 9.17) is 5.11 Å². The van der Waals surface area contributed by atoms with Crippen LogP contribution in [0.3, 0.4) is 0 Å². The molecule has 4 rings (SSSR count). The molecule has 4 aromatic carbocycles. The SMILES string of the molecule is O=C(O)c1ccc(CCc2ccccc2N(c2cccc3ccccc23)S(=O)O)cc1. The summed E-state index contributed by atoms with van der Waals surface area (Å²) in [6, 6.07) is 27.8. The standard InChI is InChI=1S/C25H21NO4S/c27-25(28)21-16-13-18(14-17-21)12-15-20-7-2-4-10-23(20)26(31(29)30)24-11-5-8-19-6-1-3-9-22(19)24/h1-11,13-14,16-17H,12,15H2,(H,27,28)(H,29,30). The average molecular weight is 432 g/mol. The van der Waals surface area contributed by atoms with Crippen LogP contribution in [0.2, 0.25) is 0 Å². The van der Waals surface area contributed by atoms with Gasteiger partial charge in [-0.05, 0) is 53.6 Å². The highest BCUT2D eigenvalue weighted by Crippen LogP contribution is 2.35. The van der Waals surface area contributed by atoms with Gasteiger partial charge < -0.3 is 5.11 Å². The van der Waals surface area contributed by atoms with Crippen molar-refractivity contribution in [1.82, 2.24) is 0 Å². The van der Waals surface area contributed by atoms with E-state index in [1.807, 2.05) is 66.7 Å². The Bertz CT molecular complexity index is 1250. The summed E-state index contributed by atoms with van der Waals surface area (Å²) >= 11 is -2.26. The number of hydrogen-bond donors (Lipinski definition) is 2. The summed E-state index contributed by atoms with van der Waals surface area (Å²) in [4.78, 5) is 11.0. The summed E-state index contributed by atoms with van der Waals surface area (Å²) in [5.74, 6) is -0.951. The van der Waals surface area contributed by atoms with Gasteiger partial charge in [-0.25, -0.2) is 13.3 Å². The maximum absolute atomic E-state index is 12.5. The van der Waals surface area contributed by atoms with Gasteiger partial charge in [-0.3, -0.25) is 4.55 Å². The Morgan fingerprint density at radius 3 is 2.16 bits per heavy atom. The molecule has 4 aromatic rings. The molecular weight excluding hydrogens is 410 g/mol. The Morgan fingerprint density at radius 1 is 0.774 bits per heavy atom. The average Bonchev–Trinajstić information content (AvgIpc) is 2.79. The number of carboxylic acid groups (broad SMARTS) is 1. The molecule has 0 spiro atoms. The Hall–Kier alpha value is -3.48. The van der Waals surface area contributed by atoms with Gasteiger partial charge in [0.15, 0.2) is 0 Å². The van der Waals surface area contributed by atoms with Gasteiger partial charge in [-0.1, -0.05) is 66.7 Å². The van der Waals surface area contributed by atoms with Crippen LogP contribution in [0.4, 0.5) is 11.4 Å². The quantitative estimate of drug-likeness (QED) is 0.374. The van der Waals surface area contributed by atoms with Crippen LogP contribution in [0.15, 0.2) is 91.0 Å². The summed E-state index contributed by atoms with van der Waals surface area (Å²) in [6.07, 6.45) is 1.32. The fourth-order valence-corrected chi connectivity index (χ4v) is 4.37. The number of rotatable bonds is 7. The third-order valence-electron chi connectivity index (χ3n) is 5.24. The Morgan fingerprint density at radius 2 is 1.42 bits per heavy atom. The van der Waals surface area contributed by atoms with Crippen molar-refractivity contribution >= 4 is 39.4 Å². The van der Waals surface area contributed by atoms with Gasteiger partial charge in [0.1, 0.15) is 0 Å². The van der Waals surface area contributed by atoms with Crippen molar-refractivity contribution in [2.45, 2.75) is 12.8 Å². The lowest BCUT2D eigenvalue weighted by Crippen LogP contribution is -2.21. The van der Waals surface area contributed by atoms with Gasteiger partial charge in [0.25, 0.3) is 11.3 Å². The molecule has 0 saturated heterocycles. The molecule has 0 bridgehead atoms. The molecule has 0 aliphatic carbocycles. The van der Waals surface area contributed by atoms with Crippen molar-refractivity contribution in [3.8, 4) is 0 Å². The molecule has 0 heterocycles. The lowest BCUT2D eigenvalue weighted by Gasteiger charge is -2.24. The van der Waals surface area contributed by atoms with Crippen LogP contribution in [0, 0.1) is 0 Å². The van der Waals surface area contributed by atoms with Crippen molar-refractivity contribution in [2.24, 2.45) is 0 Å². The third-order valence-corrected chi connectivity index (χ3v) is 5.94. The van der Waals surface area contributed by atoms with Crippen LogP contribution in [0.25, 0.3) is 10.8 Å². The third kappa shape index (κ3) is 4.50. The zero-order valence-electron chi connectivity index (χ0n) is 16.6. The van der Waals surface area contributed by atoms with Gasteiger partial charge in [-0.2, -0.15) is 0 Å². The second-order valence-corrected chi connectivity index (χ2v) is 7.98. The van der Waals surface area contributed by atoms with Crippen molar-refractivity contribution in [3.05, 3.63) is 108 Å². The second kappa shape index (κ2) is 9.12. The zero-order chi connectivity index (χ0) is 21.8. The Balaban J connectivity index is 1.68. The number of carboxylic acids is 1. The summed E-state index contributed by atoms with van der Waals surface area (Å²) in [6.45, 7) is 0. The van der Waals surface area contributed by atoms with Gasteiger partial charge in [0, 0.05) is 5.39 Å². The van der Waals surface area contributed by atoms with E-state index in [9.17, 15) is 13.6 Å². The first-order valence-corrected chi connectivity index (χ1v) is 10.9. The smallest absolute Gasteiger partial charge is 0.335 e. The second-order valence-electron chi connectivity index (χ2n) is 7.15. The number of benzene rings is 4. The molecule has 31 heavy (non-hydrogen) atoms. The number of anilines is 2. The highest BCUT2D eigenvalue weighted by molar-refractivity contribution is 7.81. The zero-order valence-corrected chi connectivity index (χ0v) is 17.5. The minimum absolute atomic E-state index is 0.252. The molecule has 0 amide bonds. The maximum atomic E-state index is 12.5. The van der Waals surface area contributed by atoms with Crippen LogP contribution >= 0.6 is 0 Å². The molecule has 6 heteroatoms. The van der Waals surface area contributed by atoms with E-state index < -0.39 is 17.2 Å². The van der Waals surface area contributed by atoms with E-state index in [0.29, 0.717) is 24.2 Å². The molecule has 0 aliphatic heterocycles. The van der Waals surface area contributed by atoms with Crippen LogP contribution in [-0.4, -0.2) is 19.8 Å². The predicted molar refractivity (Wildman–Crippen MR) is 124 cm³/mol. The number of carbonyl (C=O) groups is 1. The predicted octanol–water partition coefficient (Wildman–Crippen LogP) is 5.60. The summed E-state index contributed by atoms with van der Waals surface area (Å²) in [7, 11) is 0.